The largest absolute Gasteiger partial charge is 0.493 e. The van der Waals surface area contributed by atoms with Crippen molar-refractivity contribution in [2.45, 2.75) is 44.7 Å². The highest BCUT2D eigenvalue weighted by molar-refractivity contribution is 5.42. The normalized spacial score (nSPS) is 16.2. The second kappa shape index (κ2) is 8.25. The van der Waals surface area contributed by atoms with E-state index in [-0.39, 0.29) is 0 Å². The third kappa shape index (κ3) is 4.35. The molecule has 0 amide bonds. The second-order valence-electron chi connectivity index (χ2n) is 5.74. The average Bonchev–Trinajstić information content (AvgIpc) is 2.55. The van der Waals surface area contributed by atoms with Crippen LogP contribution in [-0.2, 0) is 6.54 Å². The SMILES string of the molecule is COc1ccc(CN(CCN)C2CCCCC2)cc1OC. The van der Waals surface area contributed by atoms with Crippen molar-refractivity contribution in [3.05, 3.63) is 23.8 Å². The second-order valence-corrected chi connectivity index (χ2v) is 5.74. The van der Waals surface area contributed by atoms with E-state index in [1.54, 1.807) is 14.2 Å². The molecule has 1 aliphatic carbocycles. The average molecular weight is 292 g/mol. The highest BCUT2D eigenvalue weighted by Crippen LogP contribution is 2.29. The molecule has 1 fully saturated rings. The zero-order valence-corrected chi connectivity index (χ0v) is 13.3. The molecule has 0 bridgehead atoms. The van der Waals surface area contributed by atoms with Gasteiger partial charge in [0.15, 0.2) is 11.5 Å². The van der Waals surface area contributed by atoms with E-state index in [4.69, 9.17) is 15.2 Å². The Kier molecular flexibility index (Phi) is 6.33. The molecule has 0 atom stereocenters. The van der Waals surface area contributed by atoms with Crippen LogP contribution >= 0.6 is 0 Å². The highest BCUT2D eigenvalue weighted by atomic mass is 16.5. The Morgan fingerprint density at radius 3 is 2.43 bits per heavy atom. The monoisotopic (exact) mass is 292 g/mol. The van der Waals surface area contributed by atoms with E-state index in [0.29, 0.717) is 12.6 Å². The van der Waals surface area contributed by atoms with Crippen LogP contribution in [0.2, 0.25) is 0 Å². The molecule has 1 aliphatic rings. The van der Waals surface area contributed by atoms with Crippen molar-refractivity contribution in [2.75, 3.05) is 27.3 Å². The summed E-state index contributed by atoms with van der Waals surface area (Å²) in [6.45, 7) is 2.60. The van der Waals surface area contributed by atoms with Crippen molar-refractivity contribution < 1.29 is 9.47 Å². The first kappa shape index (κ1) is 16.1. The van der Waals surface area contributed by atoms with Crippen LogP contribution in [0.4, 0.5) is 0 Å². The van der Waals surface area contributed by atoms with Crippen LogP contribution in [-0.4, -0.2) is 38.3 Å². The predicted octanol–water partition coefficient (Wildman–Crippen LogP) is 2.80. The molecule has 0 radical (unpaired) electrons. The molecule has 21 heavy (non-hydrogen) atoms. The zero-order valence-electron chi connectivity index (χ0n) is 13.3. The lowest BCUT2D eigenvalue weighted by atomic mass is 9.94. The number of rotatable bonds is 7. The summed E-state index contributed by atoms with van der Waals surface area (Å²) in [6.07, 6.45) is 6.67. The highest BCUT2D eigenvalue weighted by Gasteiger charge is 2.21. The van der Waals surface area contributed by atoms with Crippen LogP contribution in [0.1, 0.15) is 37.7 Å². The number of hydrogen-bond donors (Lipinski definition) is 1. The van der Waals surface area contributed by atoms with Gasteiger partial charge in [-0.15, -0.1) is 0 Å². The smallest absolute Gasteiger partial charge is 0.161 e. The maximum absolute atomic E-state index is 5.81. The Hall–Kier alpha value is -1.26. The van der Waals surface area contributed by atoms with E-state index in [9.17, 15) is 0 Å². The third-order valence-corrected chi connectivity index (χ3v) is 4.34. The lowest BCUT2D eigenvalue weighted by molar-refractivity contribution is 0.152. The molecule has 118 valence electrons. The topological polar surface area (TPSA) is 47.7 Å². The number of nitrogens with two attached hydrogens (primary N) is 1. The summed E-state index contributed by atoms with van der Waals surface area (Å²) in [5.41, 5.74) is 7.06. The van der Waals surface area contributed by atoms with Gasteiger partial charge in [0.25, 0.3) is 0 Å². The van der Waals surface area contributed by atoms with Crippen LogP contribution in [0.25, 0.3) is 0 Å². The maximum Gasteiger partial charge on any atom is 0.161 e. The number of benzene rings is 1. The molecule has 0 unspecified atom stereocenters. The van der Waals surface area contributed by atoms with E-state index >= 15 is 0 Å². The third-order valence-electron chi connectivity index (χ3n) is 4.34. The van der Waals surface area contributed by atoms with Crippen LogP contribution in [0.5, 0.6) is 11.5 Å². The summed E-state index contributed by atoms with van der Waals surface area (Å²) in [7, 11) is 3.35. The first-order valence-electron chi connectivity index (χ1n) is 7.93. The molecule has 0 spiro atoms. The van der Waals surface area contributed by atoms with Crippen molar-refractivity contribution >= 4 is 0 Å². The first-order valence-corrected chi connectivity index (χ1v) is 7.93. The van der Waals surface area contributed by atoms with Gasteiger partial charge in [-0.3, -0.25) is 4.90 Å². The molecule has 1 aromatic carbocycles. The van der Waals surface area contributed by atoms with Crippen molar-refractivity contribution in [1.82, 2.24) is 4.90 Å². The van der Waals surface area contributed by atoms with Gasteiger partial charge >= 0.3 is 0 Å². The fraction of sp³-hybridized carbons (Fsp3) is 0.647. The van der Waals surface area contributed by atoms with Crippen molar-refractivity contribution in [2.24, 2.45) is 5.73 Å². The fourth-order valence-electron chi connectivity index (χ4n) is 3.22. The Balaban J connectivity index is 2.08. The number of hydrogen-bond acceptors (Lipinski definition) is 4. The van der Waals surface area contributed by atoms with Gasteiger partial charge in [0.05, 0.1) is 14.2 Å². The van der Waals surface area contributed by atoms with Gasteiger partial charge in [-0.2, -0.15) is 0 Å². The van der Waals surface area contributed by atoms with Crippen LogP contribution in [0.15, 0.2) is 18.2 Å². The molecule has 0 aliphatic heterocycles. The van der Waals surface area contributed by atoms with Crippen LogP contribution in [0, 0.1) is 0 Å². The molecule has 2 N–H and O–H groups in total. The first-order chi connectivity index (χ1) is 10.3. The van der Waals surface area contributed by atoms with Gasteiger partial charge in [0.2, 0.25) is 0 Å². The Bertz CT molecular complexity index is 431. The molecule has 1 aromatic rings. The molecule has 0 aromatic heterocycles. The minimum atomic E-state index is 0.676. The molecule has 0 saturated heterocycles. The Morgan fingerprint density at radius 2 is 1.81 bits per heavy atom. The molecule has 2 rings (SSSR count). The Morgan fingerprint density at radius 1 is 1.10 bits per heavy atom. The van der Waals surface area contributed by atoms with Crippen LogP contribution in [0.3, 0.4) is 0 Å². The van der Waals surface area contributed by atoms with Crippen molar-refractivity contribution in [1.29, 1.82) is 0 Å². The number of methoxy groups -OCH3 is 2. The predicted molar refractivity (Wildman–Crippen MR) is 85.9 cm³/mol. The number of nitrogens with zero attached hydrogens (tertiary/aromatic N) is 1. The summed E-state index contributed by atoms with van der Waals surface area (Å²) in [5, 5.41) is 0. The maximum atomic E-state index is 5.81. The quantitative estimate of drug-likeness (QED) is 0.839. The minimum absolute atomic E-state index is 0.676. The van der Waals surface area contributed by atoms with Gasteiger partial charge in [0, 0.05) is 25.7 Å². The molecular weight excluding hydrogens is 264 g/mol. The molecular formula is C17H28N2O2. The van der Waals surface area contributed by atoms with Gasteiger partial charge in [-0.25, -0.2) is 0 Å². The molecule has 4 heteroatoms. The van der Waals surface area contributed by atoms with E-state index in [1.165, 1.54) is 37.7 Å². The van der Waals surface area contributed by atoms with E-state index in [0.717, 1.165) is 24.6 Å². The van der Waals surface area contributed by atoms with E-state index < -0.39 is 0 Å². The summed E-state index contributed by atoms with van der Waals surface area (Å²) >= 11 is 0. The van der Waals surface area contributed by atoms with Gasteiger partial charge in [0.1, 0.15) is 0 Å². The lowest BCUT2D eigenvalue weighted by Crippen LogP contribution is -2.39. The van der Waals surface area contributed by atoms with Gasteiger partial charge in [-0.05, 0) is 30.5 Å². The Labute approximate surface area is 128 Å². The molecule has 1 saturated carbocycles. The molecule has 4 nitrogen and oxygen atoms in total. The summed E-state index contributed by atoms with van der Waals surface area (Å²) in [6, 6.07) is 6.85. The zero-order chi connectivity index (χ0) is 15.1. The van der Waals surface area contributed by atoms with Crippen molar-refractivity contribution in [3.8, 4) is 11.5 Å². The summed E-state index contributed by atoms with van der Waals surface area (Å²) in [4.78, 5) is 2.53. The summed E-state index contributed by atoms with van der Waals surface area (Å²) in [5.74, 6) is 1.58. The standard InChI is InChI=1S/C17H28N2O2/c1-20-16-9-8-14(12-17(16)21-2)13-19(11-10-18)15-6-4-3-5-7-15/h8-9,12,15H,3-7,10-11,13,18H2,1-2H3. The fourth-order valence-corrected chi connectivity index (χ4v) is 3.22. The number of ether oxygens (including phenoxy) is 2. The van der Waals surface area contributed by atoms with E-state index in [1.807, 2.05) is 6.07 Å². The lowest BCUT2D eigenvalue weighted by Gasteiger charge is -2.34. The van der Waals surface area contributed by atoms with E-state index in [2.05, 4.69) is 17.0 Å². The minimum Gasteiger partial charge on any atom is -0.493 e. The van der Waals surface area contributed by atoms with Crippen LogP contribution < -0.4 is 15.2 Å². The molecule has 0 heterocycles. The van der Waals surface area contributed by atoms with Gasteiger partial charge < -0.3 is 15.2 Å². The summed E-state index contributed by atoms with van der Waals surface area (Å²) < 4.78 is 10.7. The van der Waals surface area contributed by atoms with Gasteiger partial charge in [-0.1, -0.05) is 25.3 Å². The van der Waals surface area contributed by atoms with Crippen molar-refractivity contribution in [3.63, 3.8) is 0 Å².